The van der Waals surface area contributed by atoms with Gasteiger partial charge < -0.3 is 15.3 Å². The molecule has 2 N–H and O–H groups in total. The number of nitriles is 1. The Morgan fingerprint density at radius 2 is 1.89 bits per heavy atom. The van der Waals surface area contributed by atoms with Crippen LogP contribution in [-0.2, 0) is 0 Å². The Labute approximate surface area is 158 Å². The molecule has 1 heterocycles. The zero-order valence-corrected chi connectivity index (χ0v) is 15.1. The molecule has 3 rings (SSSR count). The molecule has 140 valence electrons. The molecule has 0 aromatic heterocycles. The molecule has 0 spiro atoms. The molecular formula is C21H22FN3O2. The maximum atomic E-state index is 14.4. The Balaban J connectivity index is 1.99. The molecule has 2 amide bonds. The standard InChI is InChI=1S/C21H22FN3O2/c1-2-11-24-21(27)25-18(12-23)20(19(25)13-26)16-9-4-3-7-14(16)15-8-5-6-10-17(15)22/h3-10,18-20,26H,2,11,13H2,1H3,(H,24,27)/t18-,19-,20-/m0/s1. The lowest BCUT2D eigenvalue weighted by Gasteiger charge is -2.51. The molecule has 1 aliphatic rings. The molecule has 6 heteroatoms. The first-order valence-electron chi connectivity index (χ1n) is 9.04. The first kappa shape index (κ1) is 18.9. The Morgan fingerprint density at radius 1 is 1.22 bits per heavy atom. The highest BCUT2D eigenvalue weighted by atomic mass is 19.1. The quantitative estimate of drug-likeness (QED) is 0.852. The van der Waals surface area contributed by atoms with Gasteiger partial charge in [-0.15, -0.1) is 0 Å². The van der Waals surface area contributed by atoms with Crippen molar-refractivity contribution in [3.05, 3.63) is 59.9 Å². The number of rotatable bonds is 5. The van der Waals surface area contributed by atoms with E-state index < -0.39 is 12.1 Å². The number of aliphatic hydroxyl groups excluding tert-OH is 1. The molecule has 0 radical (unpaired) electrons. The zero-order chi connectivity index (χ0) is 19.4. The van der Waals surface area contributed by atoms with E-state index in [-0.39, 0.29) is 24.4 Å². The van der Waals surface area contributed by atoms with Crippen molar-refractivity contribution in [1.29, 1.82) is 5.26 Å². The number of hydrogen-bond donors (Lipinski definition) is 2. The van der Waals surface area contributed by atoms with Crippen molar-refractivity contribution in [3.63, 3.8) is 0 Å². The minimum absolute atomic E-state index is 0.270. The molecule has 0 bridgehead atoms. The second-order valence-corrected chi connectivity index (χ2v) is 6.56. The number of halogens is 1. The highest BCUT2D eigenvalue weighted by Crippen LogP contribution is 2.44. The van der Waals surface area contributed by atoms with E-state index in [2.05, 4.69) is 11.4 Å². The summed E-state index contributed by atoms with van der Waals surface area (Å²) in [6.45, 7) is 2.17. The summed E-state index contributed by atoms with van der Waals surface area (Å²) >= 11 is 0. The second-order valence-electron chi connectivity index (χ2n) is 6.56. The number of amides is 2. The number of nitrogens with zero attached hydrogens (tertiary/aromatic N) is 2. The molecule has 27 heavy (non-hydrogen) atoms. The topological polar surface area (TPSA) is 76.4 Å². The van der Waals surface area contributed by atoms with E-state index in [1.807, 2.05) is 25.1 Å². The highest BCUT2D eigenvalue weighted by Gasteiger charge is 2.52. The van der Waals surface area contributed by atoms with E-state index in [0.29, 0.717) is 17.7 Å². The van der Waals surface area contributed by atoms with Gasteiger partial charge in [-0.25, -0.2) is 9.18 Å². The smallest absolute Gasteiger partial charge is 0.318 e. The normalized spacial score (nSPS) is 21.3. The summed E-state index contributed by atoms with van der Waals surface area (Å²) in [6, 6.07) is 14.3. The minimum Gasteiger partial charge on any atom is -0.394 e. The van der Waals surface area contributed by atoms with Crippen LogP contribution in [0, 0.1) is 17.1 Å². The third-order valence-corrected chi connectivity index (χ3v) is 4.98. The molecule has 1 aliphatic heterocycles. The van der Waals surface area contributed by atoms with Crippen molar-refractivity contribution >= 4 is 6.03 Å². The van der Waals surface area contributed by atoms with Crippen LogP contribution in [0.3, 0.4) is 0 Å². The molecule has 5 nitrogen and oxygen atoms in total. The van der Waals surface area contributed by atoms with Gasteiger partial charge in [0.2, 0.25) is 0 Å². The molecule has 3 atom stereocenters. The van der Waals surface area contributed by atoms with Gasteiger partial charge in [-0.1, -0.05) is 49.4 Å². The maximum Gasteiger partial charge on any atom is 0.318 e. The predicted molar refractivity (Wildman–Crippen MR) is 100 cm³/mol. The van der Waals surface area contributed by atoms with Crippen LogP contribution in [0.5, 0.6) is 0 Å². The summed E-state index contributed by atoms with van der Waals surface area (Å²) in [5, 5.41) is 22.3. The van der Waals surface area contributed by atoms with Crippen LogP contribution >= 0.6 is 0 Å². The number of benzene rings is 2. The van der Waals surface area contributed by atoms with Gasteiger partial charge in [-0.05, 0) is 23.6 Å². The lowest BCUT2D eigenvalue weighted by Crippen LogP contribution is -2.67. The SMILES string of the molecule is CCCNC(=O)N1[C@@H](C#N)[C@H](c2ccccc2-c2ccccc2F)[C@@H]1CO. The number of likely N-dealkylation sites (tertiary alicyclic amines) is 1. The van der Waals surface area contributed by atoms with Gasteiger partial charge in [0, 0.05) is 18.0 Å². The third kappa shape index (κ3) is 3.38. The molecule has 1 saturated heterocycles. The van der Waals surface area contributed by atoms with Gasteiger partial charge in [0.1, 0.15) is 11.9 Å². The average Bonchev–Trinajstić information content (AvgIpc) is 2.67. The number of aliphatic hydroxyl groups is 1. The number of hydrogen-bond acceptors (Lipinski definition) is 3. The summed E-state index contributed by atoms with van der Waals surface area (Å²) in [5.74, 6) is -0.737. The van der Waals surface area contributed by atoms with Gasteiger partial charge in [0.25, 0.3) is 0 Å². The average molecular weight is 367 g/mol. The lowest BCUT2D eigenvalue weighted by atomic mass is 9.73. The van der Waals surface area contributed by atoms with Crippen LogP contribution in [0.15, 0.2) is 48.5 Å². The van der Waals surface area contributed by atoms with Crippen LogP contribution in [0.2, 0.25) is 0 Å². The van der Waals surface area contributed by atoms with Gasteiger partial charge >= 0.3 is 6.03 Å². The van der Waals surface area contributed by atoms with Crippen molar-refractivity contribution in [2.45, 2.75) is 31.3 Å². The summed E-state index contributed by atoms with van der Waals surface area (Å²) in [7, 11) is 0. The summed E-state index contributed by atoms with van der Waals surface area (Å²) in [4.78, 5) is 13.8. The Kier molecular flexibility index (Phi) is 5.72. The summed E-state index contributed by atoms with van der Waals surface area (Å²) in [6.07, 6.45) is 0.778. The van der Waals surface area contributed by atoms with Gasteiger partial charge in [0.15, 0.2) is 0 Å². The monoisotopic (exact) mass is 367 g/mol. The van der Waals surface area contributed by atoms with E-state index in [9.17, 15) is 19.6 Å². The molecule has 1 fully saturated rings. The molecule has 0 aliphatic carbocycles. The molecular weight excluding hydrogens is 345 g/mol. The van der Waals surface area contributed by atoms with Crippen LogP contribution in [0.4, 0.5) is 9.18 Å². The fourth-order valence-corrected chi connectivity index (χ4v) is 3.70. The van der Waals surface area contributed by atoms with Crippen molar-refractivity contribution in [2.24, 2.45) is 0 Å². The minimum atomic E-state index is -0.716. The summed E-state index contributed by atoms with van der Waals surface area (Å²) < 4.78 is 14.4. The Hall–Kier alpha value is -2.91. The van der Waals surface area contributed by atoms with Crippen LogP contribution < -0.4 is 5.32 Å². The van der Waals surface area contributed by atoms with Crippen molar-refractivity contribution in [3.8, 4) is 17.2 Å². The van der Waals surface area contributed by atoms with Gasteiger partial charge in [0.05, 0.1) is 18.7 Å². The largest absolute Gasteiger partial charge is 0.394 e. The first-order chi connectivity index (χ1) is 13.1. The van der Waals surface area contributed by atoms with Crippen molar-refractivity contribution in [1.82, 2.24) is 10.2 Å². The second kappa shape index (κ2) is 8.19. The van der Waals surface area contributed by atoms with Crippen LogP contribution in [0.25, 0.3) is 11.1 Å². The lowest BCUT2D eigenvalue weighted by molar-refractivity contribution is 0.0171. The Bertz CT molecular complexity index is 865. The predicted octanol–water partition coefficient (Wildman–Crippen LogP) is 3.26. The summed E-state index contributed by atoms with van der Waals surface area (Å²) in [5.41, 5.74) is 1.87. The Morgan fingerprint density at radius 3 is 2.52 bits per heavy atom. The number of urea groups is 1. The van der Waals surface area contributed by atoms with Gasteiger partial charge in [-0.2, -0.15) is 5.26 Å². The van der Waals surface area contributed by atoms with E-state index in [0.717, 1.165) is 12.0 Å². The van der Waals surface area contributed by atoms with Gasteiger partial charge in [-0.3, -0.25) is 0 Å². The van der Waals surface area contributed by atoms with Crippen molar-refractivity contribution < 1.29 is 14.3 Å². The molecule has 0 unspecified atom stereocenters. The number of nitrogens with one attached hydrogen (secondary N) is 1. The fraction of sp³-hybridized carbons (Fsp3) is 0.333. The maximum absolute atomic E-state index is 14.4. The highest BCUT2D eigenvalue weighted by molar-refractivity contribution is 5.78. The molecule has 2 aromatic carbocycles. The zero-order valence-electron chi connectivity index (χ0n) is 15.1. The van der Waals surface area contributed by atoms with Crippen LogP contribution in [0.1, 0.15) is 24.8 Å². The van der Waals surface area contributed by atoms with E-state index in [1.165, 1.54) is 11.0 Å². The number of carbonyl (C=O) groups is 1. The fourth-order valence-electron chi connectivity index (χ4n) is 3.70. The van der Waals surface area contributed by atoms with Crippen LogP contribution in [-0.4, -0.2) is 41.3 Å². The van der Waals surface area contributed by atoms with E-state index >= 15 is 0 Å². The third-order valence-electron chi connectivity index (χ3n) is 4.98. The number of carbonyl (C=O) groups excluding carboxylic acids is 1. The van der Waals surface area contributed by atoms with E-state index in [4.69, 9.17) is 0 Å². The molecule has 0 saturated carbocycles. The first-order valence-corrected chi connectivity index (χ1v) is 9.04. The molecule has 2 aromatic rings. The van der Waals surface area contributed by atoms with E-state index in [1.54, 1.807) is 24.3 Å². The van der Waals surface area contributed by atoms with Crippen molar-refractivity contribution in [2.75, 3.05) is 13.2 Å².